The van der Waals surface area contributed by atoms with Crippen LogP contribution in [0.2, 0.25) is 10.0 Å². The number of nitrogens with zero attached hydrogens (tertiary/aromatic N) is 2. The highest BCUT2D eigenvalue weighted by Crippen LogP contribution is 2.28. The maximum atomic E-state index is 6.16. The molecule has 0 aromatic heterocycles. The van der Waals surface area contributed by atoms with Crippen molar-refractivity contribution in [2.45, 2.75) is 0 Å². The van der Waals surface area contributed by atoms with Crippen LogP contribution < -0.4 is 4.90 Å². The number of anilines is 1. The molecule has 102 valence electrons. The lowest BCUT2D eigenvalue weighted by Gasteiger charge is -2.19. The first-order chi connectivity index (χ1) is 9.65. The standard InChI is InChI=1S/C16H14Cl2N2/c1-20-9-8-19-16(11-2-4-12(17)5-3-11)14-10-13(18)6-7-15(14)20/h2-7,10H,8-9H2,1H3. The Balaban J connectivity index is 2.16. The molecule has 1 aliphatic heterocycles. The molecular weight excluding hydrogens is 291 g/mol. The van der Waals surface area contributed by atoms with Gasteiger partial charge in [0.15, 0.2) is 0 Å². The topological polar surface area (TPSA) is 15.6 Å². The van der Waals surface area contributed by atoms with Gasteiger partial charge in [-0.1, -0.05) is 35.3 Å². The molecule has 3 rings (SSSR count). The highest BCUT2D eigenvalue weighted by molar-refractivity contribution is 6.32. The third kappa shape index (κ3) is 2.54. The highest BCUT2D eigenvalue weighted by Gasteiger charge is 2.17. The van der Waals surface area contributed by atoms with Crippen molar-refractivity contribution in [3.8, 4) is 0 Å². The van der Waals surface area contributed by atoms with Gasteiger partial charge in [0.05, 0.1) is 12.3 Å². The first-order valence-electron chi connectivity index (χ1n) is 6.46. The van der Waals surface area contributed by atoms with E-state index in [9.17, 15) is 0 Å². The van der Waals surface area contributed by atoms with Gasteiger partial charge in [-0.15, -0.1) is 0 Å². The molecule has 0 unspecified atom stereocenters. The Hall–Kier alpha value is -1.51. The van der Waals surface area contributed by atoms with Crippen molar-refractivity contribution in [2.24, 2.45) is 4.99 Å². The molecule has 4 heteroatoms. The molecule has 0 saturated carbocycles. The molecule has 0 bridgehead atoms. The molecule has 0 atom stereocenters. The summed E-state index contributed by atoms with van der Waals surface area (Å²) >= 11 is 12.1. The van der Waals surface area contributed by atoms with Gasteiger partial charge in [0.2, 0.25) is 0 Å². The monoisotopic (exact) mass is 304 g/mol. The highest BCUT2D eigenvalue weighted by atomic mass is 35.5. The molecule has 0 amide bonds. The Morgan fingerprint density at radius 1 is 1.00 bits per heavy atom. The Morgan fingerprint density at radius 3 is 2.45 bits per heavy atom. The predicted molar refractivity (Wildman–Crippen MR) is 86.7 cm³/mol. The van der Waals surface area contributed by atoms with Crippen LogP contribution in [0, 0.1) is 0 Å². The summed E-state index contributed by atoms with van der Waals surface area (Å²) in [4.78, 5) is 6.94. The van der Waals surface area contributed by atoms with E-state index >= 15 is 0 Å². The van der Waals surface area contributed by atoms with Crippen molar-refractivity contribution in [1.29, 1.82) is 0 Å². The molecular formula is C16H14Cl2N2. The molecule has 1 heterocycles. The molecule has 0 fully saturated rings. The number of benzodiazepines with no additional fused rings is 1. The smallest absolute Gasteiger partial charge is 0.0741 e. The van der Waals surface area contributed by atoms with Gasteiger partial charge in [-0.25, -0.2) is 0 Å². The lowest BCUT2D eigenvalue weighted by Crippen LogP contribution is -2.20. The maximum Gasteiger partial charge on any atom is 0.0741 e. The summed E-state index contributed by atoms with van der Waals surface area (Å²) in [6.45, 7) is 1.66. The molecule has 0 radical (unpaired) electrons. The Bertz CT molecular complexity index is 663. The van der Waals surface area contributed by atoms with Gasteiger partial charge < -0.3 is 4.90 Å². The fourth-order valence-corrected chi connectivity index (χ4v) is 2.70. The van der Waals surface area contributed by atoms with E-state index < -0.39 is 0 Å². The maximum absolute atomic E-state index is 6.16. The minimum Gasteiger partial charge on any atom is -0.372 e. The SMILES string of the molecule is CN1CCN=C(c2ccc(Cl)cc2)c2cc(Cl)ccc21. The van der Waals surface area contributed by atoms with Crippen molar-refractivity contribution in [2.75, 3.05) is 25.0 Å². The zero-order valence-electron chi connectivity index (χ0n) is 11.1. The van der Waals surface area contributed by atoms with Crippen LogP contribution in [0.5, 0.6) is 0 Å². The Morgan fingerprint density at radius 2 is 1.70 bits per heavy atom. The average Bonchev–Trinajstić information content (AvgIpc) is 2.59. The Kier molecular flexibility index (Phi) is 3.68. The summed E-state index contributed by atoms with van der Waals surface area (Å²) in [5.74, 6) is 0. The molecule has 2 aromatic carbocycles. The minimum atomic E-state index is 0.723. The van der Waals surface area contributed by atoms with Crippen LogP contribution in [0.3, 0.4) is 0 Å². The normalized spacial score (nSPS) is 14.6. The quantitative estimate of drug-likeness (QED) is 0.768. The lowest BCUT2D eigenvalue weighted by molar-refractivity contribution is 0.896. The molecule has 0 saturated heterocycles. The van der Waals surface area contributed by atoms with E-state index in [0.717, 1.165) is 45.7 Å². The van der Waals surface area contributed by atoms with E-state index in [4.69, 9.17) is 28.2 Å². The number of hydrogen-bond donors (Lipinski definition) is 0. The third-order valence-electron chi connectivity index (χ3n) is 3.45. The fraction of sp³-hybridized carbons (Fsp3) is 0.188. The second-order valence-electron chi connectivity index (χ2n) is 4.82. The van der Waals surface area contributed by atoms with E-state index in [2.05, 4.69) is 18.0 Å². The summed E-state index contributed by atoms with van der Waals surface area (Å²) in [6, 6.07) is 13.7. The summed E-state index contributed by atoms with van der Waals surface area (Å²) in [5, 5.41) is 1.45. The fourth-order valence-electron chi connectivity index (χ4n) is 2.40. The number of fused-ring (bicyclic) bond motifs is 1. The van der Waals surface area contributed by atoms with Crippen LogP contribution in [0.15, 0.2) is 47.5 Å². The van der Waals surface area contributed by atoms with Crippen LogP contribution in [0.25, 0.3) is 0 Å². The largest absolute Gasteiger partial charge is 0.372 e. The van der Waals surface area contributed by atoms with Gasteiger partial charge in [0.1, 0.15) is 0 Å². The van der Waals surface area contributed by atoms with Crippen molar-refractivity contribution in [3.63, 3.8) is 0 Å². The minimum absolute atomic E-state index is 0.723. The summed E-state index contributed by atoms with van der Waals surface area (Å²) in [6.07, 6.45) is 0. The zero-order valence-corrected chi connectivity index (χ0v) is 12.6. The van der Waals surface area contributed by atoms with E-state index in [1.807, 2.05) is 36.4 Å². The molecule has 0 spiro atoms. The molecule has 0 N–H and O–H groups in total. The molecule has 1 aliphatic rings. The molecule has 2 nitrogen and oxygen atoms in total. The van der Waals surface area contributed by atoms with Crippen LogP contribution in [0.4, 0.5) is 5.69 Å². The van der Waals surface area contributed by atoms with Crippen molar-refractivity contribution < 1.29 is 0 Å². The number of likely N-dealkylation sites (N-methyl/N-ethyl adjacent to an activating group) is 1. The van der Waals surface area contributed by atoms with Crippen molar-refractivity contribution >= 4 is 34.6 Å². The first-order valence-corrected chi connectivity index (χ1v) is 7.22. The van der Waals surface area contributed by atoms with Gasteiger partial charge >= 0.3 is 0 Å². The summed E-state index contributed by atoms with van der Waals surface area (Å²) in [7, 11) is 2.08. The summed E-state index contributed by atoms with van der Waals surface area (Å²) < 4.78 is 0. The van der Waals surface area contributed by atoms with Crippen LogP contribution >= 0.6 is 23.2 Å². The van der Waals surface area contributed by atoms with Gasteiger partial charge in [0.25, 0.3) is 0 Å². The molecule has 0 aliphatic carbocycles. The third-order valence-corrected chi connectivity index (χ3v) is 3.94. The predicted octanol–water partition coefficient (Wildman–Crippen LogP) is 4.28. The van der Waals surface area contributed by atoms with E-state index in [0.29, 0.717) is 0 Å². The van der Waals surface area contributed by atoms with E-state index in [-0.39, 0.29) is 0 Å². The second kappa shape index (κ2) is 5.47. The van der Waals surface area contributed by atoms with Gasteiger partial charge in [-0.05, 0) is 30.3 Å². The zero-order chi connectivity index (χ0) is 14.1. The van der Waals surface area contributed by atoms with Crippen LogP contribution in [-0.4, -0.2) is 25.8 Å². The molecule has 2 aromatic rings. The lowest BCUT2D eigenvalue weighted by atomic mass is 10.0. The number of aliphatic imine (C=N–C) groups is 1. The number of rotatable bonds is 1. The summed E-state index contributed by atoms with van der Waals surface area (Å²) in [5.41, 5.74) is 4.26. The Labute approximate surface area is 128 Å². The van der Waals surface area contributed by atoms with Gasteiger partial charge in [-0.2, -0.15) is 0 Å². The second-order valence-corrected chi connectivity index (χ2v) is 5.69. The first kappa shape index (κ1) is 13.5. The molecule has 20 heavy (non-hydrogen) atoms. The average molecular weight is 305 g/mol. The number of hydrogen-bond acceptors (Lipinski definition) is 2. The van der Waals surface area contributed by atoms with Gasteiger partial charge in [-0.3, -0.25) is 4.99 Å². The van der Waals surface area contributed by atoms with E-state index in [1.165, 1.54) is 0 Å². The van der Waals surface area contributed by atoms with Crippen molar-refractivity contribution in [3.05, 3.63) is 63.6 Å². The number of halogens is 2. The van der Waals surface area contributed by atoms with Gasteiger partial charge in [0, 0.05) is 40.5 Å². The number of benzene rings is 2. The van der Waals surface area contributed by atoms with Crippen LogP contribution in [0.1, 0.15) is 11.1 Å². The van der Waals surface area contributed by atoms with Crippen LogP contribution in [-0.2, 0) is 0 Å². The van der Waals surface area contributed by atoms with Crippen molar-refractivity contribution in [1.82, 2.24) is 0 Å². The van der Waals surface area contributed by atoms with E-state index in [1.54, 1.807) is 0 Å².